The number of rotatable bonds is 2. The zero-order valence-corrected chi connectivity index (χ0v) is 9.58. The third kappa shape index (κ3) is 1.96. The summed E-state index contributed by atoms with van der Waals surface area (Å²) in [6.45, 7) is 1.55. The quantitative estimate of drug-likeness (QED) is 0.784. The summed E-state index contributed by atoms with van der Waals surface area (Å²) in [6.07, 6.45) is -4.37. The minimum absolute atomic E-state index is 0.0401. The normalized spacial score (nSPS) is 12.3. The van der Waals surface area contributed by atoms with Gasteiger partial charge in [0.25, 0.3) is 0 Å². The van der Waals surface area contributed by atoms with Gasteiger partial charge >= 0.3 is 6.18 Å². The molecule has 6 heteroatoms. The van der Waals surface area contributed by atoms with Gasteiger partial charge < -0.3 is 10.7 Å². The molecule has 1 heterocycles. The Labute approximate surface area is 101 Å². The molecule has 0 fully saturated rings. The molecule has 2 nitrogen and oxygen atoms in total. The molecule has 0 radical (unpaired) electrons. The van der Waals surface area contributed by atoms with Gasteiger partial charge in [0, 0.05) is 11.1 Å². The Hall–Kier alpha value is -1.56. The van der Waals surface area contributed by atoms with E-state index in [-0.39, 0.29) is 23.9 Å². The Morgan fingerprint density at radius 2 is 1.94 bits per heavy atom. The lowest BCUT2D eigenvalue weighted by molar-refractivity contribution is -0.136. The van der Waals surface area contributed by atoms with Gasteiger partial charge in [-0.1, -0.05) is 0 Å². The zero-order chi connectivity index (χ0) is 13.5. The summed E-state index contributed by atoms with van der Waals surface area (Å²) in [7, 11) is 0. The summed E-state index contributed by atoms with van der Waals surface area (Å²) in [6, 6.07) is 1.56. The SMILES string of the molecule is Cc1[nH]c2c(F)ccc(C(F)(F)F)c2c1CC[NH-]. The Balaban J connectivity index is 2.84. The van der Waals surface area contributed by atoms with E-state index in [9.17, 15) is 17.6 Å². The average molecular weight is 259 g/mol. The lowest BCUT2D eigenvalue weighted by atomic mass is 10.0. The van der Waals surface area contributed by atoms with E-state index in [0.29, 0.717) is 11.3 Å². The minimum atomic E-state index is -4.53. The third-order valence-electron chi connectivity index (χ3n) is 2.90. The molecule has 0 atom stereocenters. The van der Waals surface area contributed by atoms with Crippen LogP contribution in [0.2, 0.25) is 0 Å². The molecule has 2 rings (SSSR count). The van der Waals surface area contributed by atoms with Crippen LogP contribution in [0.15, 0.2) is 12.1 Å². The lowest BCUT2D eigenvalue weighted by Gasteiger charge is -2.11. The summed E-state index contributed by atoms with van der Waals surface area (Å²) in [4.78, 5) is 2.63. The molecule has 2 N–H and O–H groups in total. The van der Waals surface area contributed by atoms with E-state index in [1.165, 1.54) is 0 Å². The molecule has 0 saturated heterocycles. The summed E-state index contributed by atoms with van der Waals surface area (Å²) in [5.41, 5.74) is 7.00. The van der Waals surface area contributed by atoms with Crippen molar-refractivity contribution in [2.45, 2.75) is 19.5 Å². The Morgan fingerprint density at radius 3 is 2.50 bits per heavy atom. The van der Waals surface area contributed by atoms with Gasteiger partial charge in [-0.2, -0.15) is 13.2 Å². The van der Waals surface area contributed by atoms with Crippen LogP contribution in [0.3, 0.4) is 0 Å². The van der Waals surface area contributed by atoms with Gasteiger partial charge in [-0.25, -0.2) is 4.39 Å². The van der Waals surface area contributed by atoms with Crippen LogP contribution >= 0.6 is 0 Å². The smallest absolute Gasteiger partial charge is 0.417 e. The van der Waals surface area contributed by atoms with E-state index < -0.39 is 17.6 Å². The molecule has 0 bridgehead atoms. The van der Waals surface area contributed by atoms with Crippen LogP contribution in [0.25, 0.3) is 16.6 Å². The molecule has 98 valence electrons. The minimum Gasteiger partial charge on any atom is -0.677 e. The number of halogens is 4. The number of aromatic amines is 1. The predicted octanol–water partition coefficient (Wildman–Crippen LogP) is 4.23. The first-order valence-electron chi connectivity index (χ1n) is 5.37. The molecule has 0 unspecified atom stereocenters. The van der Waals surface area contributed by atoms with Crippen molar-refractivity contribution in [3.63, 3.8) is 0 Å². The second-order valence-corrected chi connectivity index (χ2v) is 4.07. The zero-order valence-electron chi connectivity index (χ0n) is 9.58. The van der Waals surface area contributed by atoms with Gasteiger partial charge in [0.2, 0.25) is 0 Å². The fourth-order valence-electron chi connectivity index (χ4n) is 2.14. The first-order valence-corrected chi connectivity index (χ1v) is 5.37. The molecular formula is C12H11F4N2-. The van der Waals surface area contributed by atoms with E-state index in [0.717, 1.165) is 12.1 Å². The highest BCUT2D eigenvalue weighted by Gasteiger charge is 2.34. The van der Waals surface area contributed by atoms with E-state index in [4.69, 9.17) is 5.73 Å². The number of alkyl halides is 3. The largest absolute Gasteiger partial charge is 0.677 e. The van der Waals surface area contributed by atoms with Crippen LogP contribution in [0, 0.1) is 12.7 Å². The van der Waals surface area contributed by atoms with Gasteiger partial charge in [-0.15, -0.1) is 6.54 Å². The molecular weight excluding hydrogens is 248 g/mol. The average Bonchev–Trinajstić information content (AvgIpc) is 2.57. The number of aryl methyl sites for hydroxylation is 1. The van der Waals surface area contributed by atoms with E-state index in [1.54, 1.807) is 6.92 Å². The van der Waals surface area contributed by atoms with Gasteiger partial charge in [0.1, 0.15) is 5.82 Å². The number of H-pyrrole nitrogens is 1. The summed E-state index contributed by atoms with van der Waals surface area (Å²) < 4.78 is 52.2. The van der Waals surface area contributed by atoms with Crippen LogP contribution in [0.4, 0.5) is 17.6 Å². The number of aromatic nitrogens is 1. The molecule has 0 saturated carbocycles. The Morgan fingerprint density at radius 1 is 1.28 bits per heavy atom. The van der Waals surface area contributed by atoms with Crippen molar-refractivity contribution in [1.82, 2.24) is 4.98 Å². The van der Waals surface area contributed by atoms with Crippen molar-refractivity contribution in [3.8, 4) is 0 Å². The highest BCUT2D eigenvalue weighted by molar-refractivity contribution is 5.89. The lowest BCUT2D eigenvalue weighted by Crippen LogP contribution is -2.07. The topological polar surface area (TPSA) is 39.6 Å². The maximum atomic E-state index is 13.5. The van der Waals surface area contributed by atoms with Crippen molar-refractivity contribution < 1.29 is 17.6 Å². The van der Waals surface area contributed by atoms with E-state index >= 15 is 0 Å². The second kappa shape index (κ2) is 4.28. The molecule has 1 aromatic heterocycles. The van der Waals surface area contributed by atoms with E-state index in [1.807, 2.05) is 0 Å². The van der Waals surface area contributed by atoms with Crippen molar-refractivity contribution in [1.29, 1.82) is 0 Å². The predicted molar refractivity (Wildman–Crippen MR) is 60.9 cm³/mol. The molecule has 2 aromatic rings. The number of nitrogens with one attached hydrogen (secondary N) is 2. The molecule has 18 heavy (non-hydrogen) atoms. The van der Waals surface area contributed by atoms with Gasteiger partial charge in [0.15, 0.2) is 0 Å². The fourth-order valence-corrected chi connectivity index (χ4v) is 2.14. The third-order valence-corrected chi connectivity index (χ3v) is 2.90. The maximum Gasteiger partial charge on any atom is 0.417 e. The Kier molecular flexibility index (Phi) is 3.06. The highest BCUT2D eigenvalue weighted by atomic mass is 19.4. The summed E-state index contributed by atoms with van der Waals surface area (Å²) in [5.74, 6) is -0.711. The molecule has 0 aliphatic rings. The molecule has 0 aliphatic heterocycles. The number of hydrogen-bond donors (Lipinski definition) is 1. The highest BCUT2D eigenvalue weighted by Crippen LogP contribution is 2.38. The van der Waals surface area contributed by atoms with Crippen LogP contribution in [0.5, 0.6) is 0 Å². The second-order valence-electron chi connectivity index (χ2n) is 4.07. The first kappa shape index (κ1) is 12.9. The molecule has 0 spiro atoms. The summed E-state index contributed by atoms with van der Waals surface area (Å²) in [5, 5.41) is -0.146. The number of benzene rings is 1. The summed E-state index contributed by atoms with van der Waals surface area (Å²) >= 11 is 0. The fraction of sp³-hybridized carbons (Fsp3) is 0.333. The van der Waals surface area contributed by atoms with Crippen LogP contribution in [-0.4, -0.2) is 11.5 Å². The van der Waals surface area contributed by atoms with Gasteiger partial charge in [0.05, 0.1) is 11.1 Å². The number of hydrogen-bond acceptors (Lipinski definition) is 0. The number of fused-ring (bicyclic) bond motifs is 1. The van der Waals surface area contributed by atoms with E-state index in [2.05, 4.69) is 4.98 Å². The first-order chi connectivity index (χ1) is 8.36. The standard InChI is InChI=1S/C12H11F4N2/c1-6-7(4-5-17)10-8(12(14,15)16)2-3-9(13)11(10)18-6/h2-3,17-18H,4-5H2,1H3/q-1. The molecule has 0 aliphatic carbocycles. The molecule has 1 aromatic carbocycles. The van der Waals surface area contributed by atoms with Crippen molar-refractivity contribution in [3.05, 3.63) is 40.5 Å². The van der Waals surface area contributed by atoms with Gasteiger partial charge in [-0.3, -0.25) is 0 Å². The van der Waals surface area contributed by atoms with Crippen molar-refractivity contribution in [2.24, 2.45) is 0 Å². The molecule has 0 amide bonds. The monoisotopic (exact) mass is 259 g/mol. The van der Waals surface area contributed by atoms with Crippen LogP contribution in [-0.2, 0) is 12.6 Å². The Bertz CT molecular complexity index is 584. The van der Waals surface area contributed by atoms with Gasteiger partial charge in [-0.05, 0) is 31.0 Å². The van der Waals surface area contributed by atoms with Crippen LogP contribution in [0.1, 0.15) is 16.8 Å². The van der Waals surface area contributed by atoms with Crippen molar-refractivity contribution in [2.75, 3.05) is 6.54 Å². The van der Waals surface area contributed by atoms with Crippen molar-refractivity contribution >= 4 is 10.9 Å². The van der Waals surface area contributed by atoms with Crippen LogP contribution < -0.4 is 0 Å². The maximum absolute atomic E-state index is 13.5.